The molecule has 1 atom stereocenters. The molecular weight excluding hydrogens is 268 g/mol. The average Bonchev–Trinajstić information content (AvgIpc) is 3.40. The van der Waals surface area contributed by atoms with E-state index in [0.717, 1.165) is 25.2 Å². The molecule has 4 heteroatoms. The number of fused-ring (bicyclic) bond motifs is 3. The van der Waals surface area contributed by atoms with E-state index >= 15 is 0 Å². The zero-order valence-corrected chi connectivity index (χ0v) is 11.5. The van der Waals surface area contributed by atoms with Gasteiger partial charge in [-0.05, 0) is 29.8 Å². The summed E-state index contributed by atoms with van der Waals surface area (Å²) in [4.78, 5) is 10.6. The molecule has 3 aliphatic heterocycles. The fraction of sp³-hybridized carbons (Fsp3) is 0.235. The predicted molar refractivity (Wildman–Crippen MR) is 77.8 cm³/mol. The van der Waals surface area contributed by atoms with Crippen LogP contribution in [-0.2, 0) is 11.3 Å². The fourth-order valence-electron chi connectivity index (χ4n) is 1.90. The van der Waals surface area contributed by atoms with Crippen molar-refractivity contribution in [3.8, 4) is 11.5 Å². The molecule has 5 rings (SSSR count). The van der Waals surface area contributed by atoms with E-state index in [0.29, 0.717) is 17.9 Å². The van der Waals surface area contributed by atoms with Crippen LogP contribution in [0.15, 0.2) is 48.5 Å². The number of rotatable bonds is 4. The topological polar surface area (TPSA) is 48.1 Å². The highest BCUT2D eigenvalue weighted by molar-refractivity contribution is 5.79. The van der Waals surface area contributed by atoms with Gasteiger partial charge in [0.1, 0.15) is 30.8 Å². The van der Waals surface area contributed by atoms with Crippen LogP contribution in [0.2, 0.25) is 0 Å². The van der Waals surface area contributed by atoms with Crippen LogP contribution in [0.4, 0.5) is 0 Å². The van der Waals surface area contributed by atoms with Crippen molar-refractivity contribution in [2.75, 3.05) is 13.2 Å². The van der Waals surface area contributed by atoms with Gasteiger partial charge >= 0.3 is 0 Å². The average molecular weight is 284 g/mol. The summed E-state index contributed by atoms with van der Waals surface area (Å²) in [5.74, 6) is 1.62. The maximum atomic E-state index is 10.6. The van der Waals surface area contributed by atoms with E-state index in [1.165, 1.54) is 5.56 Å². The van der Waals surface area contributed by atoms with E-state index < -0.39 is 0 Å². The van der Waals surface area contributed by atoms with E-state index in [9.17, 15) is 4.79 Å². The molecule has 3 heterocycles. The molecule has 0 aromatic heterocycles. The first-order chi connectivity index (χ1) is 10.3. The highest BCUT2D eigenvalue weighted by atomic mass is 16.6. The number of aldehydes is 1. The zero-order valence-electron chi connectivity index (χ0n) is 11.5. The second-order valence-electron chi connectivity index (χ2n) is 4.85. The molecule has 3 aliphatic rings. The van der Waals surface area contributed by atoms with E-state index in [-0.39, 0.29) is 6.10 Å². The second kappa shape index (κ2) is 6.41. The number of hydrogen-bond acceptors (Lipinski definition) is 4. The molecule has 0 radical (unpaired) electrons. The molecular formula is C17H16O4. The summed E-state index contributed by atoms with van der Waals surface area (Å²) in [5, 5.41) is 0. The van der Waals surface area contributed by atoms with Crippen LogP contribution in [0.3, 0.4) is 0 Å². The first kappa shape index (κ1) is 13.6. The Balaban J connectivity index is 0.000000140. The quantitative estimate of drug-likeness (QED) is 0.640. The van der Waals surface area contributed by atoms with Gasteiger partial charge in [0.25, 0.3) is 0 Å². The van der Waals surface area contributed by atoms with E-state index in [4.69, 9.17) is 14.2 Å². The lowest BCUT2D eigenvalue weighted by Gasteiger charge is -2.11. The Bertz CT molecular complexity index is 579. The third-order valence-electron chi connectivity index (χ3n) is 3.20. The molecule has 1 unspecified atom stereocenters. The number of carbonyl (C=O) groups excluding carboxylic acids is 1. The first-order valence-electron chi connectivity index (χ1n) is 6.85. The van der Waals surface area contributed by atoms with E-state index in [1.807, 2.05) is 24.3 Å². The summed E-state index contributed by atoms with van der Waals surface area (Å²) >= 11 is 0. The van der Waals surface area contributed by atoms with Crippen LogP contribution in [0.25, 0.3) is 0 Å². The lowest BCUT2D eigenvalue weighted by molar-refractivity contribution is 0.111. The molecule has 2 aromatic rings. The van der Waals surface area contributed by atoms with Crippen molar-refractivity contribution in [1.82, 2.24) is 0 Å². The van der Waals surface area contributed by atoms with Crippen LogP contribution >= 0.6 is 0 Å². The van der Waals surface area contributed by atoms with Gasteiger partial charge in [0, 0.05) is 0 Å². The number of hydrogen-bond donors (Lipinski definition) is 0. The van der Waals surface area contributed by atoms with Crippen LogP contribution in [0.5, 0.6) is 11.5 Å². The van der Waals surface area contributed by atoms with Gasteiger partial charge < -0.3 is 14.2 Å². The molecule has 0 spiro atoms. The van der Waals surface area contributed by atoms with Crippen molar-refractivity contribution < 1.29 is 19.0 Å². The maximum absolute atomic E-state index is 10.6. The van der Waals surface area contributed by atoms with Crippen molar-refractivity contribution in [3.63, 3.8) is 0 Å². The van der Waals surface area contributed by atoms with Gasteiger partial charge in [-0.15, -0.1) is 0 Å². The summed E-state index contributed by atoms with van der Waals surface area (Å²) in [5.41, 5.74) is 1.85. The number of epoxide rings is 1. The van der Waals surface area contributed by atoms with Gasteiger partial charge in [0.15, 0.2) is 6.29 Å². The first-order valence-corrected chi connectivity index (χ1v) is 6.85. The number of para-hydroxylation sites is 1. The molecule has 0 aliphatic carbocycles. The molecule has 108 valence electrons. The Labute approximate surface area is 123 Å². The Morgan fingerprint density at radius 1 is 1.14 bits per heavy atom. The number of ether oxygens (including phenoxy) is 3. The molecule has 2 bridgehead atoms. The number of carbonyl (C=O) groups is 1. The minimum Gasteiger partial charge on any atom is -0.490 e. The molecule has 4 nitrogen and oxygen atoms in total. The number of benzene rings is 2. The van der Waals surface area contributed by atoms with Gasteiger partial charge in [0.2, 0.25) is 0 Å². The highest BCUT2D eigenvalue weighted by Crippen LogP contribution is 2.19. The Kier molecular flexibility index (Phi) is 4.17. The maximum Gasteiger partial charge on any atom is 0.153 e. The van der Waals surface area contributed by atoms with Crippen molar-refractivity contribution in [1.29, 1.82) is 0 Å². The normalized spacial score (nSPS) is 17.2. The molecule has 2 aromatic carbocycles. The molecule has 1 fully saturated rings. The molecule has 0 saturated carbocycles. The molecule has 21 heavy (non-hydrogen) atoms. The molecule has 0 N–H and O–H groups in total. The monoisotopic (exact) mass is 284 g/mol. The van der Waals surface area contributed by atoms with Gasteiger partial charge in [-0.1, -0.05) is 24.3 Å². The highest BCUT2D eigenvalue weighted by Gasteiger charge is 2.23. The van der Waals surface area contributed by atoms with Gasteiger partial charge in [0.05, 0.1) is 12.2 Å². The van der Waals surface area contributed by atoms with E-state index in [2.05, 4.69) is 12.1 Å². The van der Waals surface area contributed by atoms with Crippen molar-refractivity contribution >= 4 is 6.29 Å². The second-order valence-corrected chi connectivity index (χ2v) is 4.85. The van der Waals surface area contributed by atoms with Crippen LogP contribution in [0.1, 0.15) is 15.9 Å². The lowest BCUT2D eigenvalue weighted by Crippen LogP contribution is -2.05. The summed E-state index contributed by atoms with van der Waals surface area (Å²) < 4.78 is 15.6. The lowest BCUT2D eigenvalue weighted by atomic mass is 10.2. The minimum absolute atomic E-state index is 0.222. The van der Waals surface area contributed by atoms with Gasteiger partial charge in [-0.2, -0.15) is 0 Å². The Morgan fingerprint density at radius 2 is 1.90 bits per heavy atom. The third-order valence-corrected chi connectivity index (χ3v) is 3.20. The van der Waals surface area contributed by atoms with Crippen LogP contribution < -0.4 is 9.47 Å². The summed E-state index contributed by atoms with van der Waals surface area (Å²) in [6.07, 6.45) is 1.02. The van der Waals surface area contributed by atoms with Crippen LogP contribution in [0, 0.1) is 0 Å². The fourth-order valence-corrected chi connectivity index (χ4v) is 1.90. The molecule has 1 saturated heterocycles. The largest absolute Gasteiger partial charge is 0.490 e. The van der Waals surface area contributed by atoms with Gasteiger partial charge in [-0.25, -0.2) is 0 Å². The minimum atomic E-state index is 0.222. The predicted octanol–water partition coefficient (Wildman–Crippen LogP) is 2.86. The van der Waals surface area contributed by atoms with Crippen LogP contribution in [-0.4, -0.2) is 25.6 Å². The van der Waals surface area contributed by atoms with Crippen molar-refractivity contribution in [3.05, 3.63) is 59.7 Å². The third kappa shape index (κ3) is 3.83. The Morgan fingerprint density at radius 3 is 2.38 bits per heavy atom. The zero-order chi connectivity index (χ0) is 14.5. The summed E-state index contributed by atoms with van der Waals surface area (Å²) in [7, 11) is 0. The molecule has 0 amide bonds. The summed E-state index contributed by atoms with van der Waals surface area (Å²) in [6.45, 7) is 2.07. The van der Waals surface area contributed by atoms with E-state index in [1.54, 1.807) is 12.1 Å². The van der Waals surface area contributed by atoms with Crippen molar-refractivity contribution in [2.24, 2.45) is 0 Å². The summed E-state index contributed by atoms with van der Waals surface area (Å²) in [6, 6.07) is 15.3. The Hall–Kier alpha value is -2.33. The smallest absolute Gasteiger partial charge is 0.153 e. The SMILES string of the molecule is O=Cc1ccccc1OCC1CO1.c1cc2ccc1CO2. The van der Waals surface area contributed by atoms with Crippen molar-refractivity contribution in [2.45, 2.75) is 12.7 Å². The standard InChI is InChI=1S/C10H10O3.C7H6O/c11-5-8-3-1-2-4-10(8)13-7-9-6-12-9;1-3-7-4-2-6(1)5-8-7/h1-5,9H,6-7H2;1-4H,5H2. The van der Waals surface area contributed by atoms with Gasteiger partial charge in [-0.3, -0.25) is 4.79 Å².